The number of aromatic nitrogens is 1. The minimum absolute atomic E-state index is 0.0810. The van der Waals surface area contributed by atoms with Crippen molar-refractivity contribution in [3.63, 3.8) is 0 Å². The predicted molar refractivity (Wildman–Crippen MR) is 154 cm³/mol. The third-order valence-corrected chi connectivity index (χ3v) is 6.78. The Balaban J connectivity index is 1.49. The highest BCUT2D eigenvalue weighted by atomic mass is 16.5. The van der Waals surface area contributed by atoms with Crippen LogP contribution in [0.15, 0.2) is 79.0 Å². The van der Waals surface area contributed by atoms with Gasteiger partial charge in [0.15, 0.2) is 6.61 Å². The Morgan fingerprint density at radius 3 is 2.46 bits per heavy atom. The summed E-state index contributed by atoms with van der Waals surface area (Å²) < 4.78 is 11.3. The first kappa shape index (κ1) is 27.8. The van der Waals surface area contributed by atoms with Crippen LogP contribution in [0.4, 0.5) is 0 Å². The molecule has 4 rings (SSSR count). The van der Waals surface area contributed by atoms with Gasteiger partial charge in [0.25, 0.3) is 5.91 Å². The van der Waals surface area contributed by atoms with E-state index in [4.69, 9.17) is 9.47 Å². The van der Waals surface area contributed by atoms with Gasteiger partial charge in [0.1, 0.15) is 11.5 Å². The fourth-order valence-corrected chi connectivity index (χ4v) is 4.80. The van der Waals surface area contributed by atoms with Gasteiger partial charge in [-0.15, -0.1) is 0 Å². The summed E-state index contributed by atoms with van der Waals surface area (Å²) in [6.07, 6.45) is 4.61. The smallest absolute Gasteiger partial charge is 0.258 e. The summed E-state index contributed by atoms with van der Waals surface area (Å²) in [6.45, 7) is 4.30. The van der Waals surface area contributed by atoms with Crippen LogP contribution in [-0.2, 0) is 29.0 Å². The summed E-state index contributed by atoms with van der Waals surface area (Å²) in [6, 6.07) is 23.2. The minimum Gasteiger partial charge on any atom is -0.496 e. The van der Waals surface area contributed by atoms with Gasteiger partial charge in [0, 0.05) is 42.7 Å². The Morgan fingerprint density at radius 1 is 0.974 bits per heavy atom. The highest BCUT2D eigenvalue weighted by Gasteiger charge is 2.22. The second kappa shape index (κ2) is 13.5. The van der Waals surface area contributed by atoms with Crippen LogP contribution in [-0.4, -0.2) is 48.0 Å². The van der Waals surface area contributed by atoms with Crippen molar-refractivity contribution in [2.75, 3.05) is 20.3 Å². The van der Waals surface area contributed by atoms with Crippen LogP contribution < -0.4 is 14.8 Å². The zero-order valence-corrected chi connectivity index (χ0v) is 22.9. The number of aryl methyl sites for hydroxylation is 1. The second-order valence-corrected chi connectivity index (χ2v) is 9.72. The molecule has 1 aromatic heterocycles. The van der Waals surface area contributed by atoms with Gasteiger partial charge in [-0.05, 0) is 48.2 Å². The van der Waals surface area contributed by atoms with Crippen LogP contribution in [0.5, 0.6) is 11.5 Å². The fraction of sp³-hybridized carbons (Fsp3) is 0.312. The van der Waals surface area contributed by atoms with Crippen molar-refractivity contribution in [2.45, 2.75) is 45.7 Å². The van der Waals surface area contributed by atoms with E-state index >= 15 is 0 Å². The molecule has 0 saturated heterocycles. The summed E-state index contributed by atoms with van der Waals surface area (Å²) in [5.74, 6) is 1.06. The molecule has 1 heterocycles. The number of aromatic amines is 1. The molecule has 7 nitrogen and oxygen atoms in total. The third kappa shape index (κ3) is 7.63. The number of carbonyl (C=O) groups excluding carboxylic acids is 2. The molecule has 1 atom stereocenters. The quantitative estimate of drug-likeness (QED) is 0.248. The third-order valence-electron chi connectivity index (χ3n) is 6.78. The molecule has 39 heavy (non-hydrogen) atoms. The van der Waals surface area contributed by atoms with Gasteiger partial charge in [0.2, 0.25) is 5.91 Å². The monoisotopic (exact) mass is 527 g/mol. The van der Waals surface area contributed by atoms with Crippen LogP contribution in [0.1, 0.15) is 37.0 Å². The van der Waals surface area contributed by atoms with Crippen molar-refractivity contribution < 1.29 is 19.1 Å². The van der Waals surface area contributed by atoms with Crippen molar-refractivity contribution in [1.82, 2.24) is 15.2 Å². The number of nitrogens with zero attached hydrogens (tertiary/aromatic N) is 1. The molecule has 0 aliphatic carbocycles. The molecule has 0 radical (unpaired) electrons. The normalized spacial score (nSPS) is 11.7. The molecule has 0 fully saturated rings. The van der Waals surface area contributed by atoms with E-state index in [0.29, 0.717) is 25.3 Å². The van der Waals surface area contributed by atoms with Gasteiger partial charge in [-0.3, -0.25) is 9.59 Å². The SMILES string of the molecule is CCCc1ccc(OCC(=O)NC(Cc2c[nH]c3ccccc23)CN(Cc2ccccc2OC)C(C)=O)cc1. The van der Waals surface area contributed by atoms with E-state index < -0.39 is 0 Å². The van der Waals surface area contributed by atoms with E-state index in [1.807, 2.05) is 72.9 Å². The van der Waals surface area contributed by atoms with Crippen LogP contribution in [0.2, 0.25) is 0 Å². The Labute approximate surface area is 230 Å². The summed E-state index contributed by atoms with van der Waals surface area (Å²) in [5, 5.41) is 4.22. The molecule has 0 saturated carbocycles. The van der Waals surface area contributed by atoms with Gasteiger partial charge >= 0.3 is 0 Å². The molecule has 0 aliphatic rings. The van der Waals surface area contributed by atoms with E-state index in [-0.39, 0.29) is 24.5 Å². The number of hydrogen-bond acceptors (Lipinski definition) is 4. The molecular formula is C32H37N3O4. The number of nitrogens with one attached hydrogen (secondary N) is 2. The Morgan fingerprint density at radius 2 is 1.72 bits per heavy atom. The molecule has 2 amide bonds. The van der Waals surface area contributed by atoms with Crippen molar-refractivity contribution in [2.24, 2.45) is 0 Å². The van der Waals surface area contributed by atoms with Gasteiger partial charge in [-0.1, -0.05) is 61.9 Å². The number of ether oxygens (including phenoxy) is 2. The average Bonchev–Trinajstić information content (AvgIpc) is 3.35. The van der Waals surface area contributed by atoms with Crippen molar-refractivity contribution in [3.8, 4) is 11.5 Å². The first-order valence-corrected chi connectivity index (χ1v) is 13.4. The van der Waals surface area contributed by atoms with Gasteiger partial charge in [-0.25, -0.2) is 0 Å². The fourth-order valence-electron chi connectivity index (χ4n) is 4.80. The van der Waals surface area contributed by atoms with E-state index in [0.717, 1.165) is 40.6 Å². The zero-order chi connectivity index (χ0) is 27.6. The molecule has 0 spiro atoms. The molecule has 0 bridgehead atoms. The number of hydrogen-bond donors (Lipinski definition) is 2. The Bertz CT molecular complexity index is 1380. The number of H-pyrrole nitrogens is 1. The zero-order valence-electron chi connectivity index (χ0n) is 22.9. The number of rotatable bonds is 13. The molecule has 2 N–H and O–H groups in total. The van der Waals surface area contributed by atoms with E-state index in [1.54, 1.807) is 18.9 Å². The highest BCUT2D eigenvalue weighted by molar-refractivity contribution is 5.83. The molecular weight excluding hydrogens is 490 g/mol. The maximum absolute atomic E-state index is 13.0. The molecule has 7 heteroatoms. The van der Waals surface area contributed by atoms with Gasteiger partial charge in [-0.2, -0.15) is 0 Å². The summed E-state index contributed by atoms with van der Waals surface area (Å²) in [4.78, 5) is 30.8. The van der Waals surface area contributed by atoms with Crippen LogP contribution in [0.3, 0.4) is 0 Å². The molecule has 3 aromatic carbocycles. The number of fused-ring (bicyclic) bond motifs is 1. The second-order valence-electron chi connectivity index (χ2n) is 9.72. The number of benzene rings is 3. The van der Waals surface area contributed by atoms with Crippen LogP contribution in [0.25, 0.3) is 10.9 Å². The number of carbonyl (C=O) groups is 2. The standard InChI is InChI=1S/C32H37N3O4/c1-4-9-24-14-16-28(17-15-24)39-22-32(37)34-27(18-26-19-33-30-12-7-6-11-29(26)30)21-35(23(2)36)20-25-10-5-8-13-31(25)38-3/h5-8,10-17,19,27,33H,4,9,18,20-22H2,1-3H3,(H,34,37). The number of methoxy groups -OCH3 is 1. The molecule has 204 valence electrons. The lowest BCUT2D eigenvalue weighted by molar-refractivity contribution is -0.131. The van der Waals surface area contributed by atoms with Gasteiger partial charge in [0.05, 0.1) is 13.2 Å². The minimum atomic E-state index is -0.328. The Kier molecular flexibility index (Phi) is 9.62. The van der Waals surface area contributed by atoms with Crippen LogP contribution >= 0.6 is 0 Å². The highest BCUT2D eigenvalue weighted by Crippen LogP contribution is 2.22. The summed E-state index contributed by atoms with van der Waals surface area (Å²) in [7, 11) is 1.62. The maximum atomic E-state index is 13.0. The predicted octanol–water partition coefficient (Wildman–Crippen LogP) is 5.28. The molecule has 4 aromatic rings. The first-order chi connectivity index (χ1) is 19.0. The van der Waals surface area contributed by atoms with Crippen LogP contribution in [0, 0.1) is 0 Å². The molecule has 1 unspecified atom stereocenters. The van der Waals surface area contributed by atoms with Gasteiger partial charge < -0.3 is 24.7 Å². The number of amides is 2. The lowest BCUT2D eigenvalue weighted by Gasteiger charge is -2.28. The Hall–Kier alpha value is -4.26. The lowest BCUT2D eigenvalue weighted by Crippen LogP contribution is -2.47. The largest absolute Gasteiger partial charge is 0.496 e. The van der Waals surface area contributed by atoms with Crippen molar-refractivity contribution in [1.29, 1.82) is 0 Å². The first-order valence-electron chi connectivity index (χ1n) is 13.4. The maximum Gasteiger partial charge on any atom is 0.258 e. The van der Waals surface area contributed by atoms with E-state index in [2.05, 4.69) is 23.3 Å². The van der Waals surface area contributed by atoms with E-state index in [9.17, 15) is 9.59 Å². The topological polar surface area (TPSA) is 83.7 Å². The van der Waals surface area contributed by atoms with Crippen molar-refractivity contribution in [3.05, 3.63) is 95.7 Å². The average molecular weight is 528 g/mol. The summed E-state index contributed by atoms with van der Waals surface area (Å²) in [5.41, 5.74) is 4.25. The van der Waals surface area contributed by atoms with E-state index in [1.165, 1.54) is 5.56 Å². The number of para-hydroxylation sites is 2. The van der Waals surface area contributed by atoms with Crippen molar-refractivity contribution >= 4 is 22.7 Å². The lowest BCUT2D eigenvalue weighted by atomic mass is 10.0. The summed E-state index contributed by atoms with van der Waals surface area (Å²) >= 11 is 0. The molecule has 0 aliphatic heterocycles.